The van der Waals surface area contributed by atoms with E-state index in [0.29, 0.717) is 62.9 Å². The molecule has 39 heavy (non-hydrogen) atoms. The molecule has 1 unspecified atom stereocenters. The molecule has 1 aliphatic heterocycles. The van der Waals surface area contributed by atoms with Gasteiger partial charge in [-0.25, -0.2) is 4.68 Å². The highest BCUT2D eigenvalue weighted by molar-refractivity contribution is 6.06. The Labute approximate surface area is 225 Å². The summed E-state index contributed by atoms with van der Waals surface area (Å²) in [5.74, 6) is 2.92. The topological polar surface area (TPSA) is 122 Å². The number of pyridine rings is 1. The minimum Gasteiger partial charge on any atom is -0.497 e. The minimum absolute atomic E-state index is 0.325. The lowest BCUT2D eigenvalue weighted by molar-refractivity contribution is -0.113. The molecule has 0 spiro atoms. The molecule has 2 aromatic carbocycles. The first kappa shape index (κ1) is 25.6. The van der Waals surface area contributed by atoms with Crippen LogP contribution in [-0.4, -0.2) is 54.1 Å². The van der Waals surface area contributed by atoms with Crippen molar-refractivity contribution in [3.8, 4) is 34.4 Å². The number of allylic oxidation sites excluding steroid dienone is 1. The number of ether oxygens (including phenoxy) is 4. The highest BCUT2D eigenvalue weighted by Crippen LogP contribution is 2.42. The van der Waals surface area contributed by atoms with Gasteiger partial charge >= 0.3 is 0 Å². The number of anilines is 2. The van der Waals surface area contributed by atoms with Gasteiger partial charge in [0.15, 0.2) is 5.82 Å². The Balaban J connectivity index is 1.67. The maximum absolute atomic E-state index is 13.8. The van der Waals surface area contributed by atoms with Gasteiger partial charge in [0.1, 0.15) is 29.0 Å². The normalized spacial score (nSPS) is 14.2. The van der Waals surface area contributed by atoms with Crippen molar-refractivity contribution < 1.29 is 23.7 Å². The fourth-order valence-electron chi connectivity index (χ4n) is 4.48. The number of hydrogen-bond acceptors (Lipinski definition) is 9. The van der Waals surface area contributed by atoms with Gasteiger partial charge in [-0.3, -0.25) is 9.78 Å². The molecule has 1 aliphatic rings. The van der Waals surface area contributed by atoms with Gasteiger partial charge in [-0.1, -0.05) is 0 Å². The maximum Gasteiger partial charge on any atom is 0.255 e. The van der Waals surface area contributed by atoms with E-state index in [2.05, 4.69) is 15.6 Å². The number of nitrogens with one attached hydrogen (secondary N) is 2. The van der Waals surface area contributed by atoms with Crippen LogP contribution in [0, 0.1) is 0 Å². The van der Waals surface area contributed by atoms with Crippen LogP contribution in [-0.2, 0) is 4.79 Å². The van der Waals surface area contributed by atoms with Crippen molar-refractivity contribution in [1.29, 1.82) is 0 Å². The number of aromatic nitrogens is 4. The van der Waals surface area contributed by atoms with Crippen LogP contribution in [0.1, 0.15) is 18.5 Å². The average Bonchev–Trinajstić information content (AvgIpc) is 3.39. The largest absolute Gasteiger partial charge is 0.497 e. The van der Waals surface area contributed by atoms with E-state index >= 15 is 0 Å². The molecule has 0 fully saturated rings. The Hall–Kier alpha value is -5.06. The lowest BCUT2D eigenvalue weighted by atomic mass is 9.94. The Morgan fingerprint density at radius 2 is 1.69 bits per heavy atom. The smallest absolute Gasteiger partial charge is 0.255 e. The lowest BCUT2D eigenvalue weighted by Gasteiger charge is -2.29. The van der Waals surface area contributed by atoms with E-state index in [0.717, 1.165) is 0 Å². The van der Waals surface area contributed by atoms with Gasteiger partial charge in [-0.2, -0.15) is 4.98 Å². The van der Waals surface area contributed by atoms with E-state index in [1.54, 1.807) is 75.8 Å². The monoisotopic (exact) mass is 528 g/mol. The molecule has 11 nitrogen and oxygen atoms in total. The third kappa shape index (κ3) is 4.93. The molecule has 5 rings (SSSR count). The number of nitrogens with zero attached hydrogens (tertiary/aromatic N) is 4. The number of benzene rings is 2. The van der Waals surface area contributed by atoms with Crippen molar-refractivity contribution in [1.82, 2.24) is 19.7 Å². The van der Waals surface area contributed by atoms with Crippen LogP contribution < -0.4 is 29.6 Å². The van der Waals surface area contributed by atoms with Crippen LogP contribution in [0.15, 0.2) is 72.2 Å². The average molecular weight is 529 g/mol. The maximum atomic E-state index is 13.8. The minimum atomic E-state index is -0.697. The van der Waals surface area contributed by atoms with Crippen molar-refractivity contribution in [3.63, 3.8) is 0 Å². The summed E-state index contributed by atoms with van der Waals surface area (Å²) in [7, 11) is 6.32. The molecule has 11 heteroatoms. The molecule has 1 amide bonds. The molecule has 3 heterocycles. The fourth-order valence-corrected chi connectivity index (χ4v) is 4.48. The summed E-state index contributed by atoms with van der Waals surface area (Å²) in [6.07, 6.45) is 3.23. The lowest BCUT2D eigenvalue weighted by Crippen LogP contribution is -2.31. The van der Waals surface area contributed by atoms with Crippen LogP contribution in [0.4, 0.5) is 11.6 Å². The van der Waals surface area contributed by atoms with E-state index in [9.17, 15) is 4.79 Å². The van der Waals surface area contributed by atoms with Crippen molar-refractivity contribution >= 4 is 17.5 Å². The summed E-state index contributed by atoms with van der Waals surface area (Å²) in [6, 6.07) is 13.7. The Bertz CT molecular complexity index is 1530. The van der Waals surface area contributed by atoms with Gasteiger partial charge in [-0.15, -0.1) is 5.10 Å². The highest BCUT2D eigenvalue weighted by Gasteiger charge is 2.36. The predicted octanol–water partition coefficient (Wildman–Crippen LogP) is 4.30. The number of fused-ring (bicyclic) bond motifs is 1. The number of carbonyl (C=O) groups excluding carboxylic acids is 1. The molecule has 0 aliphatic carbocycles. The summed E-state index contributed by atoms with van der Waals surface area (Å²) >= 11 is 0. The van der Waals surface area contributed by atoms with Crippen LogP contribution >= 0.6 is 0 Å². The molecular weight excluding hydrogens is 500 g/mol. The van der Waals surface area contributed by atoms with Crippen molar-refractivity contribution in [2.75, 3.05) is 39.1 Å². The summed E-state index contributed by atoms with van der Waals surface area (Å²) in [5, 5.41) is 11.0. The summed E-state index contributed by atoms with van der Waals surface area (Å²) < 4.78 is 23.8. The van der Waals surface area contributed by atoms with Crippen molar-refractivity contribution in [2.45, 2.75) is 13.0 Å². The molecule has 0 radical (unpaired) electrons. The Morgan fingerprint density at radius 3 is 2.33 bits per heavy atom. The second-order valence-corrected chi connectivity index (χ2v) is 8.67. The van der Waals surface area contributed by atoms with E-state index in [-0.39, 0.29) is 5.91 Å². The van der Waals surface area contributed by atoms with Gasteiger partial charge in [-0.05, 0) is 49.4 Å². The first-order chi connectivity index (χ1) is 18.9. The third-order valence-corrected chi connectivity index (χ3v) is 6.36. The molecule has 1 atom stereocenters. The van der Waals surface area contributed by atoms with Gasteiger partial charge in [0.05, 0.1) is 45.9 Å². The second-order valence-electron chi connectivity index (χ2n) is 8.67. The predicted molar refractivity (Wildman–Crippen MR) is 145 cm³/mol. The van der Waals surface area contributed by atoms with E-state index in [4.69, 9.17) is 29.0 Å². The Kier molecular flexibility index (Phi) is 7.04. The van der Waals surface area contributed by atoms with E-state index < -0.39 is 6.04 Å². The quantitative estimate of drug-likeness (QED) is 0.345. The molecular formula is C28H28N6O5. The van der Waals surface area contributed by atoms with Gasteiger partial charge < -0.3 is 29.6 Å². The third-order valence-electron chi connectivity index (χ3n) is 6.36. The van der Waals surface area contributed by atoms with E-state index in [1.807, 2.05) is 25.1 Å². The molecule has 2 aromatic heterocycles. The van der Waals surface area contributed by atoms with Gasteiger partial charge in [0.2, 0.25) is 5.95 Å². The number of amides is 1. The number of rotatable bonds is 8. The van der Waals surface area contributed by atoms with Crippen LogP contribution in [0.25, 0.3) is 11.4 Å². The zero-order chi connectivity index (χ0) is 27.5. The van der Waals surface area contributed by atoms with Crippen LogP contribution in [0.2, 0.25) is 0 Å². The molecule has 4 aromatic rings. The van der Waals surface area contributed by atoms with Crippen LogP contribution in [0.3, 0.4) is 0 Å². The first-order valence-corrected chi connectivity index (χ1v) is 12.1. The SMILES string of the molecule is COc1cc(OC)cc(-c2nc3n(n2)C(c2cc(OC)ccc2OC)C(C(=O)Nc2cccnc2)=C(C)N3)c1. The first-order valence-electron chi connectivity index (χ1n) is 12.1. The molecule has 200 valence electrons. The molecule has 2 N–H and O–H groups in total. The fraction of sp³-hybridized carbons (Fsp3) is 0.214. The number of methoxy groups -OCH3 is 4. The van der Waals surface area contributed by atoms with Gasteiger partial charge in [0.25, 0.3) is 5.91 Å². The van der Waals surface area contributed by atoms with Crippen molar-refractivity contribution in [2.24, 2.45) is 0 Å². The summed E-state index contributed by atoms with van der Waals surface area (Å²) in [4.78, 5) is 22.6. The zero-order valence-electron chi connectivity index (χ0n) is 22.2. The standard InChI is InChI=1S/C28H28N6O5/c1-16-24(27(35)31-18-7-6-10-29-15-18)25(22-14-19(36-2)8-9-23(22)39-5)34-28(30-16)32-26(33-34)17-11-20(37-3)13-21(12-17)38-4/h6-15,25H,1-5H3,(H,31,35)(H,30,32,33). The number of hydrogen-bond donors (Lipinski definition) is 2. The zero-order valence-corrected chi connectivity index (χ0v) is 22.2. The highest BCUT2D eigenvalue weighted by atomic mass is 16.5. The molecule has 0 bridgehead atoms. The van der Waals surface area contributed by atoms with Crippen molar-refractivity contribution in [3.05, 3.63) is 77.8 Å². The van der Waals surface area contributed by atoms with Crippen LogP contribution in [0.5, 0.6) is 23.0 Å². The second kappa shape index (κ2) is 10.7. The van der Waals surface area contributed by atoms with E-state index in [1.165, 1.54) is 0 Å². The number of carbonyl (C=O) groups is 1. The van der Waals surface area contributed by atoms with Gasteiger partial charge in [0, 0.05) is 29.1 Å². The summed E-state index contributed by atoms with van der Waals surface area (Å²) in [6.45, 7) is 1.82. The Morgan fingerprint density at radius 1 is 0.949 bits per heavy atom. The molecule has 0 saturated heterocycles. The molecule has 0 saturated carbocycles. The summed E-state index contributed by atoms with van der Waals surface area (Å²) in [5.41, 5.74) is 2.96.